The van der Waals surface area contributed by atoms with E-state index in [0.29, 0.717) is 0 Å². The van der Waals surface area contributed by atoms with Gasteiger partial charge in [-0.1, -0.05) is 105 Å². The van der Waals surface area contributed by atoms with Crippen LogP contribution in [0.25, 0.3) is 31.3 Å². The van der Waals surface area contributed by atoms with Crippen molar-refractivity contribution < 1.29 is 0 Å². The largest absolute Gasteiger partial charge is 0.313 e. The summed E-state index contributed by atoms with van der Waals surface area (Å²) in [5, 5.41) is 2.68. The fourth-order valence-electron chi connectivity index (χ4n) is 10.9. The van der Waals surface area contributed by atoms with Gasteiger partial charge in [-0.25, -0.2) is 0 Å². The van der Waals surface area contributed by atoms with Crippen molar-refractivity contribution >= 4 is 94.8 Å². The Balaban J connectivity index is 1.39. The molecule has 0 spiro atoms. The lowest BCUT2D eigenvalue weighted by Gasteiger charge is -2.45. The second-order valence-electron chi connectivity index (χ2n) is 17.7. The van der Waals surface area contributed by atoms with Crippen molar-refractivity contribution in [2.45, 2.75) is 83.1 Å². The van der Waals surface area contributed by atoms with Gasteiger partial charge in [0, 0.05) is 37.2 Å². The van der Waals surface area contributed by atoms with Crippen LogP contribution in [0.4, 0.5) is 17.1 Å². The van der Waals surface area contributed by atoms with Gasteiger partial charge in [0.2, 0.25) is 13.4 Å². The summed E-state index contributed by atoms with van der Waals surface area (Å²) in [6.45, 7) is 28.1. The SMILES string of the molecule is Cc1ccc2c(c1)B(c1c(C)c(C)c(C)c(C)c1C)c1cc(-c3ccc4sc5ccccc5c4c3)cc3c1N2c1ccc(C)cc1B3c1c(C)c(C)c(C)c(C)c1C. The third-order valence-electron chi connectivity index (χ3n) is 14.9. The fraction of sp³-hybridized carbons (Fsp3) is 0.222. The second-order valence-corrected chi connectivity index (χ2v) is 18.8. The number of nitrogens with zero attached hydrogens (tertiary/aromatic N) is 1. The maximum Gasteiger partial charge on any atom is 0.247 e. The Kier molecular flexibility index (Phi) is 8.36. The molecule has 0 atom stereocenters. The van der Waals surface area contributed by atoms with Crippen molar-refractivity contribution in [2.24, 2.45) is 0 Å². The molecule has 8 aromatic rings. The Hall–Kier alpha value is -5.31. The monoisotopic (exact) mass is 767 g/mol. The lowest BCUT2D eigenvalue weighted by atomic mass is 9.29. The minimum Gasteiger partial charge on any atom is -0.313 e. The molecule has 2 aliphatic heterocycles. The van der Waals surface area contributed by atoms with E-state index in [9.17, 15) is 0 Å². The molecule has 3 heterocycles. The Morgan fingerprint density at radius 2 is 0.828 bits per heavy atom. The highest BCUT2D eigenvalue weighted by Crippen LogP contribution is 2.41. The quantitative estimate of drug-likeness (QED) is 0.162. The zero-order chi connectivity index (χ0) is 40.6. The first-order chi connectivity index (χ1) is 27.8. The lowest BCUT2D eigenvalue weighted by Crippen LogP contribution is -2.66. The van der Waals surface area contributed by atoms with Gasteiger partial charge in [0.25, 0.3) is 0 Å². The van der Waals surface area contributed by atoms with Crippen LogP contribution in [-0.4, -0.2) is 13.4 Å². The molecule has 1 aromatic heterocycles. The molecule has 0 saturated carbocycles. The number of benzene rings is 7. The van der Waals surface area contributed by atoms with Gasteiger partial charge in [-0.2, -0.15) is 0 Å². The number of rotatable bonds is 3. The van der Waals surface area contributed by atoms with Crippen molar-refractivity contribution in [3.05, 3.63) is 158 Å². The van der Waals surface area contributed by atoms with Crippen LogP contribution in [0.5, 0.6) is 0 Å². The van der Waals surface area contributed by atoms with Gasteiger partial charge in [0.15, 0.2) is 0 Å². The van der Waals surface area contributed by atoms with E-state index >= 15 is 0 Å². The molecule has 0 amide bonds. The summed E-state index contributed by atoms with van der Waals surface area (Å²) >= 11 is 1.90. The minimum atomic E-state index is 0.0693. The van der Waals surface area contributed by atoms with Crippen molar-refractivity contribution in [3.63, 3.8) is 0 Å². The molecule has 0 N–H and O–H groups in total. The second kappa shape index (κ2) is 13.1. The van der Waals surface area contributed by atoms with Gasteiger partial charge in [-0.05, 0) is 180 Å². The molecule has 0 aliphatic carbocycles. The molecule has 58 heavy (non-hydrogen) atoms. The Morgan fingerprint density at radius 1 is 0.379 bits per heavy atom. The third kappa shape index (κ3) is 5.10. The first-order valence-electron chi connectivity index (χ1n) is 21.0. The molecule has 0 radical (unpaired) electrons. The molecule has 0 bridgehead atoms. The number of hydrogen-bond donors (Lipinski definition) is 0. The van der Waals surface area contributed by atoms with E-state index in [2.05, 4.69) is 179 Å². The van der Waals surface area contributed by atoms with E-state index in [4.69, 9.17) is 0 Å². The first-order valence-corrected chi connectivity index (χ1v) is 21.8. The number of fused-ring (bicyclic) bond motifs is 7. The molecule has 4 heteroatoms. The molecule has 10 rings (SSSR count). The number of thiophene rings is 1. The standard InChI is InChI=1S/C54H51B2NS/c1-28-17-20-48-44(23-28)55(52-36(9)32(5)30(3)33(6)37(52)10)46-26-41(40-19-22-51-43(25-40)42-15-13-14-16-50(42)58-51)27-47-54(46)57(48)49-21-18-29(2)24-45(49)56(47)53-38(11)34(7)31(4)35(8)39(53)12/h13-27H,1-12H3. The minimum absolute atomic E-state index is 0.0693. The van der Waals surface area contributed by atoms with Crippen molar-refractivity contribution in [1.82, 2.24) is 0 Å². The molecule has 1 nitrogen and oxygen atoms in total. The fourth-order valence-corrected chi connectivity index (χ4v) is 12.0. The molecule has 0 saturated heterocycles. The van der Waals surface area contributed by atoms with Crippen LogP contribution in [0.2, 0.25) is 0 Å². The predicted octanol–water partition coefficient (Wildman–Crippen LogP) is 10.6. The van der Waals surface area contributed by atoms with Crippen molar-refractivity contribution in [1.29, 1.82) is 0 Å². The molecular formula is C54H51B2NS. The highest BCUT2D eigenvalue weighted by molar-refractivity contribution is 7.25. The summed E-state index contributed by atoms with van der Waals surface area (Å²) in [6, 6.07) is 35.7. The van der Waals surface area contributed by atoms with Crippen molar-refractivity contribution in [3.8, 4) is 11.1 Å². The van der Waals surface area contributed by atoms with Crippen LogP contribution in [-0.2, 0) is 0 Å². The molecule has 284 valence electrons. The lowest BCUT2D eigenvalue weighted by molar-refractivity contribution is 1.19. The highest BCUT2D eigenvalue weighted by Gasteiger charge is 2.45. The third-order valence-corrected chi connectivity index (χ3v) is 16.0. The summed E-state index contributed by atoms with van der Waals surface area (Å²) in [7, 11) is 0. The van der Waals surface area contributed by atoms with E-state index < -0.39 is 0 Å². The summed E-state index contributed by atoms with van der Waals surface area (Å²) in [4.78, 5) is 2.65. The maximum absolute atomic E-state index is 2.65. The van der Waals surface area contributed by atoms with E-state index in [0.717, 1.165) is 0 Å². The number of aryl methyl sites for hydroxylation is 2. The Labute approximate surface area is 349 Å². The Morgan fingerprint density at radius 3 is 1.33 bits per heavy atom. The number of hydrogen-bond acceptors (Lipinski definition) is 2. The van der Waals surface area contributed by atoms with Crippen LogP contribution in [0.3, 0.4) is 0 Å². The molecule has 0 unspecified atom stereocenters. The summed E-state index contributed by atoms with van der Waals surface area (Å²) in [5.41, 5.74) is 31.7. The smallest absolute Gasteiger partial charge is 0.247 e. The van der Waals surface area contributed by atoms with Crippen LogP contribution in [0.1, 0.15) is 66.8 Å². The van der Waals surface area contributed by atoms with Crippen LogP contribution in [0.15, 0.2) is 91.0 Å². The average molecular weight is 768 g/mol. The van der Waals surface area contributed by atoms with Gasteiger partial charge in [0.1, 0.15) is 0 Å². The van der Waals surface area contributed by atoms with E-state index in [1.165, 1.54) is 148 Å². The van der Waals surface area contributed by atoms with E-state index in [-0.39, 0.29) is 13.4 Å². The number of anilines is 3. The van der Waals surface area contributed by atoms with Crippen LogP contribution < -0.4 is 37.7 Å². The summed E-state index contributed by atoms with van der Waals surface area (Å²) in [6.07, 6.45) is 0. The van der Waals surface area contributed by atoms with Crippen LogP contribution in [0, 0.1) is 83.1 Å². The molecule has 2 aliphatic rings. The summed E-state index contributed by atoms with van der Waals surface area (Å²) < 4.78 is 2.69. The predicted molar refractivity (Wildman–Crippen MR) is 258 cm³/mol. The average Bonchev–Trinajstić information content (AvgIpc) is 3.60. The zero-order valence-electron chi connectivity index (χ0n) is 36.2. The normalized spacial score (nSPS) is 13.1. The maximum atomic E-state index is 2.65. The van der Waals surface area contributed by atoms with E-state index in [1.54, 1.807) is 0 Å². The molecule has 0 fully saturated rings. The topological polar surface area (TPSA) is 3.24 Å². The van der Waals surface area contributed by atoms with Crippen molar-refractivity contribution in [2.75, 3.05) is 4.90 Å². The van der Waals surface area contributed by atoms with Gasteiger partial charge >= 0.3 is 0 Å². The van der Waals surface area contributed by atoms with Gasteiger partial charge < -0.3 is 4.90 Å². The molecular weight excluding hydrogens is 716 g/mol. The molecule has 7 aromatic carbocycles. The van der Waals surface area contributed by atoms with Gasteiger partial charge in [-0.15, -0.1) is 11.3 Å². The zero-order valence-corrected chi connectivity index (χ0v) is 37.0. The van der Waals surface area contributed by atoms with E-state index in [1.807, 2.05) is 11.3 Å². The highest BCUT2D eigenvalue weighted by atomic mass is 32.1. The van der Waals surface area contributed by atoms with Gasteiger partial charge in [0.05, 0.1) is 0 Å². The van der Waals surface area contributed by atoms with Crippen LogP contribution >= 0.6 is 11.3 Å². The summed E-state index contributed by atoms with van der Waals surface area (Å²) in [5.74, 6) is 0. The first kappa shape index (κ1) is 37.0. The van der Waals surface area contributed by atoms with Gasteiger partial charge in [-0.3, -0.25) is 0 Å². The Bertz CT molecular complexity index is 2900.